The summed E-state index contributed by atoms with van der Waals surface area (Å²) in [5, 5.41) is 6.06. The molecule has 1 saturated carbocycles. The Morgan fingerprint density at radius 2 is 1.81 bits per heavy atom. The minimum Gasteiger partial charge on any atom is -0.325 e. The molecular formula is C14H12IN3O2S. The average Bonchev–Trinajstić information content (AvgIpc) is 3.19. The summed E-state index contributed by atoms with van der Waals surface area (Å²) in [6.07, 6.45) is 2.82. The van der Waals surface area contributed by atoms with Crippen molar-refractivity contribution in [2.45, 2.75) is 12.8 Å². The first-order valence-electron chi connectivity index (χ1n) is 6.39. The molecule has 1 aromatic heterocycles. The Kier molecular flexibility index (Phi) is 3.94. The van der Waals surface area contributed by atoms with Gasteiger partial charge in [-0.05, 0) is 47.6 Å². The average molecular weight is 413 g/mol. The van der Waals surface area contributed by atoms with E-state index in [-0.39, 0.29) is 11.8 Å². The maximum Gasteiger partial charge on any atom is 0.241 e. The van der Waals surface area contributed by atoms with E-state index in [4.69, 9.17) is 0 Å². The molecule has 0 saturated heterocycles. The van der Waals surface area contributed by atoms with E-state index in [2.05, 4.69) is 38.2 Å². The predicted octanol–water partition coefficient (Wildman–Crippen LogP) is 3.11. The van der Waals surface area contributed by atoms with Crippen LogP contribution < -0.4 is 10.6 Å². The number of carbonyl (C=O) groups excluding carboxylic acids is 2. The van der Waals surface area contributed by atoms with Crippen molar-refractivity contribution in [3.05, 3.63) is 39.4 Å². The molecule has 0 bridgehead atoms. The number of benzene rings is 1. The summed E-state index contributed by atoms with van der Waals surface area (Å²) in [6.45, 7) is 0. The minimum absolute atomic E-state index is 0.252. The number of rotatable bonds is 4. The van der Waals surface area contributed by atoms with Crippen LogP contribution >= 0.6 is 33.9 Å². The molecule has 1 aromatic carbocycles. The fourth-order valence-electron chi connectivity index (χ4n) is 1.98. The van der Waals surface area contributed by atoms with Gasteiger partial charge in [-0.1, -0.05) is 29.5 Å². The van der Waals surface area contributed by atoms with Gasteiger partial charge in [0.2, 0.25) is 11.8 Å². The molecule has 1 aliphatic rings. The number of anilines is 2. The molecular weight excluding hydrogens is 401 g/mol. The lowest BCUT2D eigenvalue weighted by Crippen LogP contribution is -2.35. The molecule has 5 nitrogen and oxygen atoms in total. The van der Waals surface area contributed by atoms with Gasteiger partial charge in [-0.15, -0.1) is 0 Å². The zero-order chi connectivity index (χ0) is 14.9. The molecule has 7 heteroatoms. The molecule has 1 fully saturated rings. The quantitative estimate of drug-likeness (QED) is 0.598. The normalized spacial score (nSPS) is 15.3. The lowest BCUT2D eigenvalue weighted by Gasteiger charge is -2.14. The van der Waals surface area contributed by atoms with Crippen LogP contribution in [0.3, 0.4) is 0 Å². The van der Waals surface area contributed by atoms with E-state index >= 15 is 0 Å². The fraction of sp³-hybridized carbons (Fsp3) is 0.214. The Morgan fingerprint density at radius 3 is 2.38 bits per heavy atom. The molecule has 3 rings (SSSR count). The SMILES string of the molecule is O=C(Nc1ccccc1)C1(C(=O)Nc2ncc(I)s2)CC1. The molecule has 0 spiro atoms. The van der Waals surface area contributed by atoms with E-state index in [0.717, 1.165) is 2.88 Å². The summed E-state index contributed by atoms with van der Waals surface area (Å²) >= 11 is 3.53. The van der Waals surface area contributed by atoms with Gasteiger partial charge in [0.1, 0.15) is 5.41 Å². The summed E-state index contributed by atoms with van der Waals surface area (Å²) < 4.78 is 0.987. The van der Waals surface area contributed by atoms with Crippen molar-refractivity contribution in [1.29, 1.82) is 0 Å². The monoisotopic (exact) mass is 413 g/mol. The number of aromatic nitrogens is 1. The summed E-state index contributed by atoms with van der Waals surface area (Å²) in [5.74, 6) is -0.529. The third-order valence-electron chi connectivity index (χ3n) is 3.35. The topological polar surface area (TPSA) is 71.1 Å². The lowest BCUT2D eigenvalue weighted by molar-refractivity contribution is -0.131. The van der Waals surface area contributed by atoms with E-state index in [0.29, 0.717) is 23.7 Å². The van der Waals surface area contributed by atoms with Crippen LogP contribution in [0.4, 0.5) is 10.8 Å². The number of halogens is 1. The van der Waals surface area contributed by atoms with Gasteiger partial charge in [0.15, 0.2) is 5.13 Å². The van der Waals surface area contributed by atoms with Crippen molar-refractivity contribution in [2.75, 3.05) is 10.6 Å². The van der Waals surface area contributed by atoms with Gasteiger partial charge in [-0.25, -0.2) is 4.98 Å². The second-order valence-corrected chi connectivity index (χ2v) is 7.75. The number of thiazole rings is 1. The fourth-order valence-corrected chi connectivity index (χ4v) is 3.29. The third kappa shape index (κ3) is 3.08. The van der Waals surface area contributed by atoms with Gasteiger partial charge in [-0.3, -0.25) is 9.59 Å². The number of hydrogen-bond donors (Lipinski definition) is 2. The highest BCUT2D eigenvalue weighted by molar-refractivity contribution is 14.1. The Balaban J connectivity index is 1.69. The number of hydrogen-bond acceptors (Lipinski definition) is 4. The van der Waals surface area contributed by atoms with E-state index < -0.39 is 5.41 Å². The highest BCUT2D eigenvalue weighted by Crippen LogP contribution is 2.47. The highest BCUT2D eigenvalue weighted by atomic mass is 127. The lowest BCUT2D eigenvalue weighted by atomic mass is 10.1. The number of para-hydroxylation sites is 1. The number of carbonyl (C=O) groups is 2. The van der Waals surface area contributed by atoms with E-state index in [1.165, 1.54) is 11.3 Å². The van der Waals surface area contributed by atoms with Crippen LogP contribution in [0.5, 0.6) is 0 Å². The van der Waals surface area contributed by atoms with Crippen LogP contribution in [0.2, 0.25) is 0 Å². The van der Waals surface area contributed by atoms with Crippen molar-refractivity contribution in [2.24, 2.45) is 5.41 Å². The zero-order valence-electron chi connectivity index (χ0n) is 10.9. The van der Waals surface area contributed by atoms with Crippen molar-refractivity contribution in [3.8, 4) is 0 Å². The van der Waals surface area contributed by atoms with Crippen LogP contribution in [0.25, 0.3) is 0 Å². The number of nitrogens with zero attached hydrogens (tertiary/aromatic N) is 1. The molecule has 2 N–H and O–H groups in total. The molecule has 0 aliphatic heterocycles. The van der Waals surface area contributed by atoms with Crippen LogP contribution in [0, 0.1) is 8.30 Å². The van der Waals surface area contributed by atoms with Crippen LogP contribution in [-0.4, -0.2) is 16.8 Å². The predicted molar refractivity (Wildman–Crippen MR) is 90.2 cm³/mol. The summed E-state index contributed by atoms with van der Waals surface area (Å²) in [7, 11) is 0. The second kappa shape index (κ2) is 5.72. The Hall–Kier alpha value is -1.48. The van der Waals surface area contributed by atoms with Gasteiger partial charge < -0.3 is 10.6 Å². The van der Waals surface area contributed by atoms with Gasteiger partial charge in [0.25, 0.3) is 0 Å². The van der Waals surface area contributed by atoms with Gasteiger partial charge in [0, 0.05) is 5.69 Å². The largest absolute Gasteiger partial charge is 0.325 e. The molecule has 21 heavy (non-hydrogen) atoms. The molecule has 1 heterocycles. The maximum atomic E-state index is 12.3. The Bertz CT molecular complexity index is 683. The number of nitrogens with one attached hydrogen (secondary N) is 2. The first-order chi connectivity index (χ1) is 10.1. The molecule has 108 valence electrons. The summed E-state index contributed by atoms with van der Waals surface area (Å²) in [4.78, 5) is 28.8. The Morgan fingerprint density at radius 1 is 1.14 bits per heavy atom. The minimum atomic E-state index is -0.951. The Labute approximate surface area is 139 Å². The second-order valence-electron chi connectivity index (χ2n) is 4.83. The van der Waals surface area contributed by atoms with E-state index in [1.54, 1.807) is 18.3 Å². The molecule has 0 atom stereocenters. The van der Waals surface area contributed by atoms with Gasteiger partial charge >= 0.3 is 0 Å². The molecule has 2 aromatic rings. The third-order valence-corrected chi connectivity index (χ3v) is 4.99. The standard InChI is InChI=1S/C14H12IN3O2S/c15-10-8-16-13(21-10)18-12(20)14(6-7-14)11(19)17-9-4-2-1-3-5-9/h1-5,8H,6-7H2,(H,17,19)(H,16,18,20). The molecule has 0 unspecified atom stereocenters. The number of amides is 2. The van der Waals surface area contributed by atoms with Crippen LogP contribution in [-0.2, 0) is 9.59 Å². The molecule has 1 aliphatic carbocycles. The molecule has 2 amide bonds. The smallest absolute Gasteiger partial charge is 0.241 e. The van der Waals surface area contributed by atoms with Crippen molar-refractivity contribution in [1.82, 2.24) is 4.98 Å². The van der Waals surface area contributed by atoms with Gasteiger partial charge in [0.05, 0.1) is 9.08 Å². The van der Waals surface area contributed by atoms with Crippen molar-refractivity contribution in [3.63, 3.8) is 0 Å². The molecule has 0 radical (unpaired) electrons. The summed E-state index contributed by atoms with van der Waals surface area (Å²) in [6, 6.07) is 9.16. The van der Waals surface area contributed by atoms with E-state index in [1.807, 2.05) is 18.2 Å². The summed E-state index contributed by atoms with van der Waals surface area (Å²) in [5.41, 5.74) is -0.252. The van der Waals surface area contributed by atoms with Gasteiger partial charge in [-0.2, -0.15) is 0 Å². The maximum absolute atomic E-state index is 12.3. The first kappa shape index (κ1) is 14.5. The van der Waals surface area contributed by atoms with Crippen LogP contribution in [0.15, 0.2) is 36.5 Å². The van der Waals surface area contributed by atoms with Crippen molar-refractivity contribution >= 4 is 56.6 Å². The van der Waals surface area contributed by atoms with E-state index in [9.17, 15) is 9.59 Å². The van der Waals surface area contributed by atoms with Crippen molar-refractivity contribution < 1.29 is 9.59 Å². The first-order valence-corrected chi connectivity index (χ1v) is 8.29. The highest BCUT2D eigenvalue weighted by Gasteiger charge is 2.56. The zero-order valence-corrected chi connectivity index (χ0v) is 13.9. The van der Waals surface area contributed by atoms with Crippen LogP contribution in [0.1, 0.15) is 12.8 Å².